The van der Waals surface area contributed by atoms with Crippen LogP contribution in [0.15, 0.2) is 60.9 Å². The molecule has 2 aliphatic heterocycles. The van der Waals surface area contributed by atoms with Crippen molar-refractivity contribution in [2.24, 2.45) is 7.05 Å². The number of fused-ring (bicyclic) bond motifs is 3. The summed E-state index contributed by atoms with van der Waals surface area (Å²) in [5.74, 6) is -2.01. The molecular weight excluding hydrogens is 518 g/mol. The number of hydrogen-bond donors (Lipinski definition) is 1. The van der Waals surface area contributed by atoms with Crippen LogP contribution in [-0.2, 0) is 11.8 Å². The molecule has 1 fully saturated rings. The van der Waals surface area contributed by atoms with Crippen molar-refractivity contribution in [1.82, 2.24) is 14.5 Å². The number of aromatic nitrogens is 3. The Bertz CT molecular complexity index is 1610. The van der Waals surface area contributed by atoms with Crippen molar-refractivity contribution in [2.75, 3.05) is 41.4 Å². The summed E-state index contributed by atoms with van der Waals surface area (Å²) in [4.78, 5) is 38.3. The van der Waals surface area contributed by atoms with Crippen LogP contribution in [0.25, 0.3) is 11.1 Å². The smallest absolute Gasteiger partial charge is 0.298 e. The van der Waals surface area contributed by atoms with E-state index in [0.717, 1.165) is 23.7 Å². The highest BCUT2D eigenvalue weighted by Gasteiger charge is 2.36. The van der Waals surface area contributed by atoms with Gasteiger partial charge in [-0.15, -0.1) is 0 Å². The van der Waals surface area contributed by atoms with Gasteiger partial charge in [0.2, 0.25) is 5.95 Å². The minimum atomic E-state index is -0.876. The second-order valence-electron chi connectivity index (χ2n) is 9.87. The summed E-state index contributed by atoms with van der Waals surface area (Å²) in [6, 6.07) is 13.8. The normalized spacial score (nSPS) is 16.1. The zero-order valence-electron chi connectivity index (χ0n) is 21.9. The molecule has 2 aliphatic rings. The molecule has 0 aliphatic carbocycles. The topological polar surface area (TPSA) is 92.6 Å². The summed E-state index contributed by atoms with van der Waals surface area (Å²) in [6.45, 7) is 3.57. The number of rotatable bonds is 5. The summed E-state index contributed by atoms with van der Waals surface area (Å²) in [7, 11) is 1.73. The second-order valence-corrected chi connectivity index (χ2v) is 9.87. The van der Waals surface area contributed by atoms with E-state index in [2.05, 4.69) is 15.3 Å². The lowest BCUT2D eigenvalue weighted by Gasteiger charge is -2.45. The summed E-state index contributed by atoms with van der Waals surface area (Å²) >= 11 is 0. The number of carbonyl (C=O) groups excluding carboxylic acids is 2. The summed E-state index contributed by atoms with van der Waals surface area (Å²) < 4.78 is 36.2. The Kier molecular flexibility index (Phi) is 6.41. The predicted octanol–water partition coefficient (Wildman–Crippen LogP) is 3.98. The number of Topliss-reactive ketones (excluding diaryl/α,β-unsaturated/α-hetero) is 1. The average molecular weight is 545 g/mol. The van der Waals surface area contributed by atoms with Crippen molar-refractivity contribution in [3.05, 3.63) is 83.9 Å². The Hall–Kier alpha value is -4.80. The van der Waals surface area contributed by atoms with E-state index in [-0.39, 0.29) is 29.8 Å². The molecule has 11 heteroatoms. The first-order valence-electron chi connectivity index (χ1n) is 12.8. The Morgan fingerprint density at radius 3 is 2.55 bits per heavy atom. The molecule has 1 N–H and O–H groups in total. The van der Waals surface area contributed by atoms with E-state index in [9.17, 15) is 14.0 Å². The minimum absolute atomic E-state index is 0.124. The van der Waals surface area contributed by atoms with Crippen molar-refractivity contribution < 1.29 is 23.1 Å². The van der Waals surface area contributed by atoms with Gasteiger partial charge in [-0.2, -0.15) is 0 Å². The van der Waals surface area contributed by atoms with E-state index >= 15 is 4.39 Å². The van der Waals surface area contributed by atoms with Gasteiger partial charge in [0.05, 0.1) is 18.4 Å². The van der Waals surface area contributed by atoms with E-state index in [1.54, 1.807) is 11.6 Å². The number of benzene rings is 2. The summed E-state index contributed by atoms with van der Waals surface area (Å²) in [5, 5.41) is 2.56. The van der Waals surface area contributed by atoms with Gasteiger partial charge in [-0.25, -0.2) is 18.7 Å². The monoisotopic (exact) mass is 544 g/mol. The van der Waals surface area contributed by atoms with Gasteiger partial charge in [-0.05, 0) is 24.6 Å². The van der Waals surface area contributed by atoms with Gasteiger partial charge >= 0.3 is 0 Å². The first-order valence-corrected chi connectivity index (χ1v) is 12.8. The molecule has 9 nitrogen and oxygen atoms in total. The van der Waals surface area contributed by atoms with Crippen molar-refractivity contribution in [2.45, 2.75) is 13.0 Å². The van der Waals surface area contributed by atoms with Crippen molar-refractivity contribution in [3.63, 3.8) is 0 Å². The standard InChI is InChI=1S/C29H26F2N6O3/c1-17-10-22(18-6-4-3-5-7-18)25(35(17)2)27(38)28(39)34-20-11-23(31)26-24(12-20)40-16-21-15-36(8-9-37(21)26)29-32-13-19(30)14-33-29/h3-7,10-14,21H,8-9,15-16H2,1-2H3,(H,34,39)/t21-/m0/s1. The maximum absolute atomic E-state index is 15.5. The zero-order chi connectivity index (χ0) is 28.0. The minimum Gasteiger partial charge on any atom is -0.489 e. The third-order valence-corrected chi connectivity index (χ3v) is 7.36. The van der Waals surface area contributed by atoms with Crippen LogP contribution in [0.1, 0.15) is 16.2 Å². The van der Waals surface area contributed by atoms with Gasteiger partial charge in [-0.1, -0.05) is 30.3 Å². The highest BCUT2D eigenvalue weighted by molar-refractivity contribution is 6.47. The Labute approximate surface area is 229 Å². The number of ketones is 1. The number of anilines is 3. The highest BCUT2D eigenvalue weighted by Crippen LogP contribution is 2.40. The number of amides is 1. The Morgan fingerprint density at radius 2 is 1.80 bits per heavy atom. The summed E-state index contributed by atoms with van der Waals surface area (Å²) in [6.07, 6.45) is 2.23. The molecule has 1 atom stereocenters. The van der Waals surface area contributed by atoms with Crippen LogP contribution in [0.5, 0.6) is 5.75 Å². The molecule has 40 heavy (non-hydrogen) atoms. The average Bonchev–Trinajstić information content (AvgIpc) is 3.26. The molecule has 2 aromatic heterocycles. The third kappa shape index (κ3) is 4.53. The maximum atomic E-state index is 15.5. The number of nitrogens with zero attached hydrogens (tertiary/aromatic N) is 5. The van der Waals surface area contributed by atoms with E-state index in [0.29, 0.717) is 36.8 Å². The van der Waals surface area contributed by atoms with E-state index in [1.165, 1.54) is 12.1 Å². The van der Waals surface area contributed by atoms with Gasteiger partial charge < -0.3 is 24.4 Å². The highest BCUT2D eigenvalue weighted by atomic mass is 19.1. The van der Waals surface area contributed by atoms with Gasteiger partial charge in [0.15, 0.2) is 11.6 Å². The molecule has 0 saturated carbocycles. The largest absolute Gasteiger partial charge is 0.489 e. The number of piperazine rings is 1. The number of halogens is 2. The SMILES string of the molecule is Cc1cc(-c2ccccc2)c(C(=O)C(=O)Nc2cc(F)c3c(c2)OC[C@@H]2CN(c4ncc(F)cn4)CCN32)n1C. The van der Waals surface area contributed by atoms with Crippen molar-refractivity contribution in [3.8, 4) is 16.9 Å². The Morgan fingerprint density at radius 1 is 1.05 bits per heavy atom. The van der Waals surface area contributed by atoms with Gasteiger partial charge in [0.1, 0.15) is 23.7 Å². The molecule has 204 valence electrons. The van der Waals surface area contributed by atoms with Crippen LogP contribution in [0, 0.1) is 18.6 Å². The van der Waals surface area contributed by atoms with Crippen LogP contribution in [0.2, 0.25) is 0 Å². The van der Waals surface area contributed by atoms with E-state index < -0.39 is 23.3 Å². The predicted molar refractivity (Wildman–Crippen MR) is 146 cm³/mol. The molecule has 0 spiro atoms. The molecule has 0 unspecified atom stereocenters. The summed E-state index contributed by atoms with van der Waals surface area (Å²) in [5.41, 5.74) is 2.96. The first kappa shape index (κ1) is 25.5. The maximum Gasteiger partial charge on any atom is 0.298 e. The van der Waals surface area contributed by atoms with E-state index in [4.69, 9.17) is 4.74 Å². The lowest BCUT2D eigenvalue weighted by molar-refractivity contribution is -0.112. The van der Waals surface area contributed by atoms with Crippen LogP contribution in [-0.4, -0.2) is 58.5 Å². The quantitative estimate of drug-likeness (QED) is 0.300. The molecule has 0 radical (unpaired) electrons. The lowest BCUT2D eigenvalue weighted by atomic mass is 10.0. The molecule has 4 aromatic rings. The van der Waals surface area contributed by atoms with Crippen LogP contribution in [0.4, 0.5) is 26.1 Å². The second kappa shape index (κ2) is 10.1. The molecular formula is C29H26F2N6O3. The van der Waals surface area contributed by atoms with Crippen LogP contribution >= 0.6 is 0 Å². The number of hydrogen-bond acceptors (Lipinski definition) is 7. The Balaban J connectivity index is 1.21. The molecule has 1 saturated heterocycles. The number of carbonyl (C=O) groups is 2. The van der Waals surface area contributed by atoms with Gasteiger partial charge in [0, 0.05) is 49.7 Å². The van der Waals surface area contributed by atoms with Crippen molar-refractivity contribution in [1.29, 1.82) is 0 Å². The fraction of sp³-hybridized carbons (Fsp3) is 0.241. The number of nitrogens with one attached hydrogen (secondary N) is 1. The van der Waals surface area contributed by atoms with Crippen LogP contribution < -0.4 is 19.9 Å². The fourth-order valence-electron chi connectivity index (χ4n) is 5.30. The molecule has 2 aromatic carbocycles. The number of ether oxygens (including phenoxy) is 1. The molecule has 4 heterocycles. The molecule has 1 amide bonds. The lowest BCUT2D eigenvalue weighted by Crippen LogP contribution is -2.58. The molecule has 0 bridgehead atoms. The first-order chi connectivity index (χ1) is 19.3. The van der Waals surface area contributed by atoms with Crippen LogP contribution in [0.3, 0.4) is 0 Å². The van der Waals surface area contributed by atoms with Gasteiger partial charge in [-0.3, -0.25) is 9.59 Å². The third-order valence-electron chi connectivity index (χ3n) is 7.36. The zero-order valence-corrected chi connectivity index (χ0v) is 21.9. The fourth-order valence-corrected chi connectivity index (χ4v) is 5.30. The number of aryl methyl sites for hydroxylation is 1. The van der Waals surface area contributed by atoms with Crippen molar-refractivity contribution >= 4 is 29.0 Å². The molecule has 6 rings (SSSR count). The van der Waals surface area contributed by atoms with E-state index in [1.807, 2.05) is 53.1 Å². The van der Waals surface area contributed by atoms with Gasteiger partial charge in [0.25, 0.3) is 11.7 Å².